The van der Waals surface area contributed by atoms with Gasteiger partial charge in [-0.25, -0.2) is 13.4 Å². The topological polar surface area (TPSA) is 106 Å². The maximum absolute atomic E-state index is 13.0. The first kappa shape index (κ1) is 22.4. The van der Waals surface area contributed by atoms with Crippen LogP contribution in [0.2, 0.25) is 0 Å². The number of fused-ring (bicyclic) bond motifs is 1. The molecule has 1 aromatic carbocycles. The zero-order valence-electron chi connectivity index (χ0n) is 18.0. The summed E-state index contributed by atoms with van der Waals surface area (Å²) in [5.74, 6) is 0.678. The average Bonchev–Trinajstić information content (AvgIpc) is 3.19. The third-order valence-corrected chi connectivity index (χ3v) is 7.39. The third kappa shape index (κ3) is 4.82. The molecule has 1 aliphatic heterocycles. The lowest BCUT2D eigenvalue weighted by atomic mass is 10.2. The van der Waals surface area contributed by atoms with Crippen LogP contribution < -0.4 is 5.32 Å². The molecule has 1 fully saturated rings. The highest BCUT2D eigenvalue weighted by atomic mass is 32.2. The summed E-state index contributed by atoms with van der Waals surface area (Å²) in [7, 11) is -3.59. The molecule has 1 saturated heterocycles. The summed E-state index contributed by atoms with van der Waals surface area (Å²) in [6.45, 7) is 4.57. The fourth-order valence-electron chi connectivity index (χ4n) is 3.81. The number of hydrogen-bond donors (Lipinski definition) is 1. The minimum absolute atomic E-state index is 0.0825. The Kier molecular flexibility index (Phi) is 6.83. The monoisotopic (exact) mass is 457 g/mol. The van der Waals surface area contributed by atoms with Gasteiger partial charge in [-0.1, -0.05) is 6.07 Å². The normalized spacial score (nSPS) is 15.2. The largest absolute Gasteiger partial charge is 0.379 e. The van der Waals surface area contributed by atoms with Crippen LogP contribution in [0.3, 0.4) is 0 Å². The molecule has 0 unspecified atom stereocenters. The van der Waals surface area contributed by atoms with Crippen LogP contribution in [-0.4, -0.2) is 59.5 Å². The predicted octanol–water partition coefficient (Wildman–Crippen LogP) is 1.72. The molecular formula is C22H27N5O4S. The van der Waals surface area contributed by atoms with E-state index < -0.39 is 10.0 Å². The van der Waals surface area contributed by atoms with Crippen LogP contribution in [0.1, 0.15) is 24.9 Å². The van der Waals surface area contributed by atoms with Crippen molar-refractivity contribution < 1.29 is 17.9 Å². The van der Waals surface area contributed by atoms with Crippen molar-refractivity contribution in [2.24, 2.45) is 0 Å². The lowest BCUT2D eigenvalue weighted by molar-refractivity contribution is -0.121. The van der Waals surface area contributed by atoms with Crippen molar-refractivity contribution in [2.75, 3.05) is 26.3 Å². The van der Waals surface area contributed by atoms with Gasteiger partial charge in [-0.05, 0) is 37.3 Å². The molecule has 9 nitrogen and oxygen atoms in total. The Morgan fingerprint density at radius 2 is 2.00 bits per heavy atom. The number of sulfonamides is 1. The van der Waals surface area contributed by atoms with Crippen molar-refractivity contribution in [3.8, 4) is 0 Å². The van der Waals surface area contributed by atoms with Crippen LogP contribution in [0.25, 0.3) is 11.0 Å². The minimum Gasteiger partial charge on any atom is -0.379 e. The number of ether oxygens (including phenoxy) is 1. The van der Waals surface area contributed by atoms with Crippen molar-refractivity contribution in [1.82, 2.24) is 24.2 Å². The molecule has 0 spiro atoms. The van der Waals surface area contributed by atoms with E-state index in [1.54, 1.807) is 24.4 Å². The first-order valence-electron chi connectivity index (χ1n) is 10.7. The Labute approximate surface area is 187 Å². The van der Waals surface area contributed by atoms with E-state index in [1.807, 2.05) is 29.7 Å². The molecule has 10 heteroatoms. The van der Waals surface area contributed by atoms with Crippen molar-refractivity contribution in [3.63, 3.8) is 0 Å². The summed E-state index contributed by atoms with van der Waals surface area (Å²) in [6.07, 6.45) is 2.44. The molecule has 3 heterocycles. The zero-order valence-corrected chi connectivity index (χ0v) is 18.8. The van der Waals surface area contributed by atoms with Crippen molar-refractivity contribution in [3.05, 3.63) is 54.1 Å². The van der Waals surface area contributed by atoms with Gasteiger partial charge in [-0.15, -0.1) is 0 Å². The van der Waals surface area contributed by atoms with Crippen LogP contribution in [0, 0.1) is 0 Å². The van der Waals surface area contributed by atoms with Gasteiger partial charge < -0.3 is 14.6 Å². The fraction of sp³-hybridized carbons (Fsp3) is 0.409. The average molecular weight is 458 g/mol. The highest BCUT2D eigenvalue weighted by molar-refractivity contribution is 7.89. The summed E-state index contributed by atoms with van der Waals surface area (Å²) in [6, 6.07) is 10.6. The second kappa shape index (κ2) is 9.76. The fourth-order valence-corrected chi connectivity index (χ4v) is 5.23. The first-order chi connectivity index (χ1) is 15.5. The smallest absolute Gasteiger partial charge is 0.243 e. The number of hydrogen-bond acceptors (Lipinski definition) is 6. The van der Waals surface area contributed by atoms with E-state index in [1.165, 1.54) is 4.31 Å². The van der Waals surface area contributed by atoms with Crippen LogP contribution >= 0.6 is 0 Å². The molecule has 1 aliphatic rings. The van der Waals surface area contributed by atoms with Gasteiger partial charge in [0, 0.05) is 38.7 Å². The van der Waals surface area contributed by atoms with Crippen LogP contribution in [0.5, 0.6) is 0 Å². The van der Waals surface area contributed by atoms with Gasteiger partial charge in [-0.2, -0.15) is 4.31 Å². The summed E-state index contributed by atoms with van der Waals surface area (Å²) in [4.78, 5) is 21.4. The van der Waals surface area contributed by atoms with E-state index in [-0.39, 0.29) is 17.2 Å². The molecule has 0 bridgehead atoms. The molecule has 0 saturated carbocycles. The summed E-state index contributed by atoms with van der Waals surface area (Å²) < 4.78 is 34.7. The number of amides is 1. The minimum atomic E-state index is -3.59. The molecule has 0 aliphatic carbocycles. The van der Waals surface area contributed by atoms with E-state index >= 15 is 0 Å². The summed E-state index contributed by atoms with van der Waals surface area (Å²) in [5, 5.41) is 2.87. The number of pyridine rings is 1. The lowest BCUT2D eigenvalue weighted by Gasteiger charge is -2.26. The number of rotatable bonds is 8. The molecule has 1 N–H and O–H groups in total. The maximum Gasteiger partial charge on any atom is 0.243 e. The van der Waals surface area contributed by atoms with E-state index in [0.29, 0.717) is 51.3 Å². The van der Waals surface area contributed by atoms with Gasteiger partial charge in [0.1, 0.15) is 5.82 Å². The number of carbonyl (C=O) groups is 1. The Morgan fingerprint density at radius 1 is 1.19 bits per heavy atom. The van der Waals surface area contributed by atoms with Crippen molar-refractivity contribution in [1.29, 1.82) is 0 Å². The Morgan fingerprint density at radius 3 is 2.72 bits per heavy atom. The van der Waals surface area contributed by atoms with Gasteiger partial charge in [0.25, 0.3) is 0 Å². The number of aryl methyl sites for hydroxylation is 2. The van der Waals surface area contributed by atoms with Gasteiger partial charge in [0.2, 0.25) is 15.9 Å². The molecule has 3 aromatic rings. The zero-order chi connectivity index (χ0) is 22.6. The molecule has 1 amide bonds. The number of nitrogens with one attached hydrogen (secondary N) is 1. The number of aromatic nitrogens is 3. The van der Waals surface area contributed by atoms with Gasteiger partial charge in [0.15, 0.2) is 0 Å². The van der Waals surface area contributed by atoms with Crippen LogP contribution in [-0.2, 0) is 39.1 Å². The Bertz CT molecular complexity index is 1190. The van der Waals surface area contributed by atoms with Crippen molar-refractivity contribution >= 4 is 27.0 Å². The molecule has 4 rings (SSSR count). The van der Waals surface area contributed by atoms with E-state index in [0.717, 1.165) is 17.0 Å². The van der Waals surface area contributed by atoms with E-state index in [2.05, 4.69) is 15.3 Å². The molecule has 170 valence electrons. The molecule has 0 atom stereocenters. The van der Waals surface area contributed by atoms with Gasteiger partial charge >= 0.3 is 0 Å². The molecule has 32 heavy (non-hydrogen) atoms. The Balaban J connectivity index is 1.48. The number of carbonyl (C=O) groups excluding carboxylic acids is 1. The Hall–Kier alpha value is -2.82. The number of nitrogens with zero attached hydrogens (tertiary/aromatic N) is 4. The molecular weight excluding hydrogens is 430 g/mol. The first-order valence-corrected chi connectivity index (χ1v) is 12.2. The van der Waals surface area contributed by atoms with Crippen molar-refractivity contribution in [2.45, 2.75) is 37.8 Å². The lowest BCUT2D eigenvalue weighted by Crippen LogP contribution is -2.40. The third-order valence-electron chi connectivity index (χ3n) is 5.49. The SMILES string of the molecule is CCn1c(CCC(=O)NCc2ccccn2)nc2cc(S(=O)(=O)N3CCOCC3)ccc21. The maximum atomic E-state index is 13.0. The predicted molar refractivity (Wildman–Crippen MR) is 119 cm³/mol. The van der Waals surface area contributed by atoms with Gasteiger partial charge in [0.05, 0.1) is 41.4 Å². The quantitative estimate of drug-likeness (QED) is 0.552. The van der Waals surface area contributed by atoms with Gasteiger partial charge in [-0.3, -0.25) is 9.78 Å². The second-order valence-electron chi connectivity index (χ2n) is 7.54. The number of morpholine rings is 1. The van der Waals surface area contributed by atoms with E-state index in [9.17, 15) is 13.2 Å². The standard InChI is InChI=1S/C22H27N5O4S/c1-2-27-20-7-6-18(32(29,30)26-11-13-31-14-12-26)15-19(20)25-21(27)8-9-22(28)24-16-17-5-3-4-10-23-17/h3-7,10,15H,2,8-9,11-14,16H2,1H3,(H,24,28). The van der Waals surface area contributed by atoms with Crippen LogP contribution in [0.15, 0.2) is 47.5 Å². The summed E-state index contributed by atoms with van der Waals surface area (Å²) >= 11 is 0. The summed E-state index contributed by atoms with van der Waals surface area (Å²) in [5.41, 5.74) is 2.28. The molecule has 2 aromatic heterocycles. The molecule has 0 radical (unpaired) electrons. The number of imidazole rings is 1. The number of benzene rings is 1. The highest BCUT2D eigenvalue weighted by Crippen LogP contribution is 2.24. The van der Waals surface area contributed by atoms with E-state index in [4.69, 9.17) is 4.74 Å². The second-order valence-corrected chi connectivity index (χ2v) is 9.48. The highest BCUT2D eigenvalue weighted by Gasteiger charge is 2.27. The van der Waals surface area contributed by atoms with Crippen LogP contribution in [0.4, 0.5) is 0 Å².